The normalized spacial score (nSPS) is 12.0. The van der Waals surface area contributed by atoms with Gasteiger partial charge >= 0.3 is 5.97 Å². The number of benzene rings is 1. The second-order valence-corrected chi connectivity index (χ2v) is 5.86. The van der Waals surface area contributed by atoms with E-state index in [1.165, 1.54) is 49.1 Å². The summed E-state index contributed by atoms with van der Waals surface area (Å²) in [4.78, 5) is 10.8. The first-order chi connectivity index (χ1) is 10.6. The predicted molar refractivity (Wildman–Crippen MR) is 92.0 cm³/mol. The standard InChI is InChI=1S/C19H25NO2/c1-3-4-5-6-7-11-20-12-10-17-14-16(8-9-18(17)20)15(2)13-19(21)22/h8-10,12-14H,3-7,11H2,1-2H3,(H,21,22). The molecular formula is C19H25NO2. The highest BCUT2D eigenvalue weighted by atomic mass is 16.4. The Labute approximate surface area is 132 Å². The van der Waals surface area contributed by atoms with E-state index in [1.54, 1.807) is 0 Å². The molecule has 0 bridgehead atoms. The molecule has 2 aromatic rings. The minimum atomic E-state index is -0.901. The van der Waals surface area contributed by atoms with Gasteiger partial charge in [0.15, 0.2) is 0 Å². The molecule has 0 aliphatic rings. The molecular weight excluding hydrogens is 274 g/mol. The molecule has 22 heavy (non-hydrogen) atoms. The summed E-state index contributed by atoms with van der Waals surface area (Å²) >= 11 is 0. The Morgan fingerprint density at radius 2 is 1.95 bits per heavy atom. The lowest BCUT2D eigenvalue weighted by Gasteiger charge is -2.07. The van der Waals surface area contributed by atoms with Crippen molar-refractivity contribution < 1.29 is 9.90 Å². The Kier molecular flexibility index (Phi) is 5.82. The van der Waals surface area contributed by atoms with Gasteiger partial charge in [-0.25, -0.2) is 4.79 Å². The van der Waals surface area contributed by atoms with Gasteiger partial charge in [-0.2, -0.15) is 0 Å². The van der Waals surface area contributed by atoms with Crippen LogP contribution < -0.4 is 0 Å². The van der Waals surface area contributed by atoms with E-state index >= 15 is 0 Å². The van der Waals surface area contributed by atoms with Crippen LogP contribution in [-0.4, -0.2) is 15.6 Å². The first kappa shape index (κ1) is 16.3. The van der Waals surface area contributed by atoms with E-state index < -0.39 is 5.97 Å². The van der Waals surface area contributed by atoms with E-state index in [0.717, 1.165) is 17.7 Å². The molecule has 0 saturated heterocycles. The summed E-state index contributed by atoms with van der Waals surface area (Å²) in [5.41, 5.74) is 2.97. The van der Waals surface area contributed by atoms with Gasteiger partial charge in [0.25, 0.3) is 0 Å². The molecule has 0 fully saturated rings. The van der Waals surface area contributed by atoms with Crippen molar-refractivity contribution in [1.82, 2.24) is 4.57 Å². The van der Waals surface area contributed by atoms with Crippen LogP contribution >= 0.6 is 0 Å². The van der Waals surface area contributed by atoms with E-state index in [2.05, 4.69) is 35.9 Å². The van der Waals surface area contributed by atoms with Crippen molar-refractivity contribution in [2.75, 3.05) is 0 Å². The first-order valence-corrected chi connectivity index (χ1v) is 8.12. The second kappa shape index (κ2) is 7.83. The summed E-state index contributed by atoms with van der Waals surface area (Å²) < 4.78 is 2.29. The third-order valence-corrected chi connectivity index (χ3v) is 4.07. The van der Waals surface area contributed by atoms with Crippen LogP contribution in [-0.2, 0) is 11.3 Å². The maximum Gasteiger partial charge on any atom is 0.328 e. The second-order valence-electron chi connectivity index (χ2n) is 5.86. The topological polar surface area (TPSA) is 42.2 Å². The SMILES string of the molecule is CCCCCCCn1ccc2cc(C(C)=CC(=O)O)ccc21. The molecule has 0 saturated carbocycles. The number of unbranched alkanes of at least 4 members (excludes halogenated alkanes) is 4. The van der Waals surface area contributed by atoms with Crippen LogP contribution in [0.15, 0.2) is 36.5 Å². The van der Waals surface area contributed by atoms with Gasteiger partial charge in [0.05, 0.1) is 0 Å². The van der Waals surface area contributed by atoms with Gasteiger partial charge in [0.1, 0.15) is 0 Å². The number of carbonyl (C=O) groups is 1. The van der Waals surface area contributed by atoms with Crippen molar-refractivity contribution in [1.29, 1.82) is 0 Å². The number of carboxylic acids is 1. The zero-order valence-corrected chi connectivity index (χ0v) is 13.5. The summed E-state index contributed by atoms with van der Waals surface area (Å²) in [6.07, 6.45) is 9.80. The van der Waals surface area contributed by atoms with E-state index in [1.807, 2.05) is 13.0 Å². The fraction of sp³-hybridized carbons (Fsp3) is 0.421. The zero-order valence-electron chi connectivity index (χ0n) is 13.5. The summed E-state index contributed by atoms with van der Waals surface area (Å²) in [7, 11) is 0. The van der Waals surface area contributed by atoms with Gasteiger partial charge in [-0.1, -0.05) is 38.7 Å². The maximum atomic E-state index is 10.8. The van der Waals surface area contributed by atoms with Crippen LogP contribution in [0.3, 0.4) is 0 Å². The molecule has 0 aliphatic heterocycles. The van der Waals surface area contributed by atoms with E-state index in [0.29, 0.717) is 0 Å². The number of fused-ring (bicyclic) bond motifs is 1. The Morgan fingerprint density at radius 1 is 1.18 bits per heavy atom. The van der Waals surface area contributed by atoms with Crippen LogP contribution in [0, 0.1) is 0 Å². The summed E-state index contributed by atoms with van der Waals surface area (Å²) in [5.74, 6) is -0.901. The number of aryl methyl sites for hydroxylation is 1. The number of nitrogens with zero attached hydrogens (tertiary/aromatic N) is 1. The molecule has 1 heterocycles. The van der Waals surface area contributed by atoms with Crippen molar-refractivity contribution >= 4 is 22.4 Å². The number of allylic oxidation sites excluding steroid dienone is 1. The summed E-state index contributed by atoms with van der Waals surface area (Å²) in [6.45, 7) is 5.12. The lowest BCUT2D eigenvalue weighted by molar-refractivity contribution is -0.131. The van der Waals surface area contributed by atoms with Gasteiger partial charge in [-0.05, 0) is 42.7 Å². The third kappa shape index (κ3) is 4.23. The molecule has 3 heteroatoms. The molecule has 0 spiro atoms. The van der Waals surface area contributed by atoms with Gasteiger partial charge < -0.3 is 9.67 Å². The monoisotopic (exact) mass is 299 g/mol. The van der Waals surface area contributed by atoms with Crippen LogP contribution in [0.1, 0.15) is 51.5 Å². The molecule has 1 aromatic carbocycles. The number of hydrogen-bond acceptors (Lipinski definition) is 1. The highest BCUT2D eigenvalue weighted by Gasteiger charge is 2.04. The van der Waals surface area contributed by atoms with Crippen LogP contribution in [0.25, 0.3) is 16.5 Å². The zero-order chi connectivity index (χ0) is 15.9. The molecule has 1 aromatic heterocycles. The molecule has 0 radical (unpaired) electrons. The number of aliphatic carboxylic acids is 1. The van der Waals surface area contributed by atoms with Crippen molar-refractivity contribution in [3.05, 3.63) is 42.1 Å². The fourth-order valence-electron chi connectivity index (χ4n) is 2.79. The van der Waals surface area contributed by atoms with Crippen LogP contribution in [0.4, 0.5) is 0 Å². The quantitative estimate of drug-likeness (QED) is 0.544. The van der Waals surface area contributed by atoms with Crippen LogP contribution in [0.5, 0.6) is 0 Å². The molecule has 0 aliphatic carbocycles. The van der Waals surface area contributed by atoms with Gasteiger partial charge in [-0.3, -0.25) is 0 Å². The van der Waals surface area contributed by atoms with Gasteiger partial charge in [0, 0.05) is 29.7 Å². The number of hydrogen-bond donors (Lipinski definition) is 1. The predicted octanol–water partition coefficient (Wildman–Crippen LogP) is 5.10. The van der Waals surface area contributed by atoms with Gasteiger partial charge in [0.2, 0.25) is 0 Å². The van der Waals surface area contributed by atoms with Crippen LogP contribution in [0.2, 0.25) is 0 Å². The molecule has 3 nitrogen and oxygen atoms in total. The molecule has 0 amide bonds. The first-order valence-electron chi connectivity index (χ1n) is 8.12. The molecule has 2 rings (SSSR count). The molecule has 0 unspecified atom stereocenters. The van der Waals surface area contributed by atoms with Crippen molar-refractivity contribution in [3.8, 4) is 0 Å². The van der Waals surface area contributed by atoms with E-state index in [4.69, 9.17) is 5.11 Å². The number of rotatable bonds is 8. The van der Waals surface area contributed by atoms with Crippen molar-refractivity contribution in [3.63, 3.8) is 0 Å². The summed E-state index contributed by atoms with van der Waals surface area (Å²) in [6, 6.07) is 8.28. The lowest BCUT2D eigenvalue weighted by atomic mass is 10.1. The van der Waals surface area contributed by atoms with E-state index in [-0.39, 0.29) is 0 Å². The highest BCUT2D eigenvalue weighted by molar-refractivity contribution is 5.91. The average Bonchev–Trinajstić information content (AvgIpc) is 2.89. The Bertz CT molecular complexity index is 667. The lowest BCUT2D eigenvalue weighted by Crippen LogP contribution is -1.96. The number of carboxylic acid groups (broad SMARTS) is 1. The fourth-order valence-corrected chi connectivity index (χ4v) is 2.79. The molecule has 118 valence electrons. The Morgan fingerprint density at radius 3 is 2.68 bits per heavy atom. The minimum absolute atomic E-state index is 0.779. The minimum Gasteiger partial charge on any atom is -0.478 e. The molecule has 1 N–H and O–H groups in total. The Balaban J connectivity index is 2.08. The third-order valence-electron chi connectivity index (χ3n) is 4.07. The maximum absolute atomic E-state index is 10.8. The summed E-state index contributed by atoms with van der Waals surface area (Å²) in [5, 5.41) is 10.0. The smallest absolute Gasteiger partial charge is 0.328 e. The average molecular weight is 299 g/mol. The van der Waals surface area contributed by atoms with Crippen molar-refractivity contribution in [2.24, 2.45) is 0 Å². The largest absolute Gasteiger partial charge is 0.478 e. The highest BCUT2D eigenvalue weighted by Crippen LogP contribution is 2.22. The van der Waals surface area contributed by atoms with E-state index in [9.17, 15) is 4.79 Å². The van der Waals surface area contributed by atoms with Crippen molar-refractivity contribution in [2.45, 2.75) is 52.5 Å². The molecule has 0 atom stereocenters. The number of aromatic nitrogens is 1. The van der Waals surface area contributed by atoms with Gasteiger partial charge in [-0.15, -0.1) is 0 Å². The Hall–Kier alpha value is -2.03.